The zero-order valence-electron chi connectivity index (χ0n) is 12.9. The summed E-state index contributed by atoms with van der Waals surface area (Å²) in [5, 5.41) is 3.51. The summed E-state index contributed by atoms with van der Waals surface area (Å²) in [5.41, 5.74) is 1.20. The Morgan fingerprint density at radius 1 is 1.38 bits per heavy atom. The number of rotatable bonds is 9. The Labute approximate surface area is 135 Å². The number of nitrogens with one attached hydrogen (secondary N) is 1. The van der Waals surface area contributed by atoms with E-state index in [1.807, 2.05) is 13.8 Å². The van der Waals surface area contributed by atoms with Crippen molar-refractivity contribution in [2.24, 2.45) is 0 Å². The van der Waals surface area contributed by atoms with Crippen molar-refractivity contribution in [3.05, 3.63) is 22.2 Å². The van der Waals surface area contributed by atoms with Crippen molar-refractivity contribution in [3.8, 4) is 11.5 Å². The molecule has 1 atom stereocenters. The highest BCUT2D eigenvalue weighted by Gasteiger charge is 2.21. The SMILES string of the molecule is CCOc1cc(CNC2CC2)cc(Br)c1OC(C)COC. The van der Waals surface area contributed by atoms with Crippen LogP contribution in [0.1, 0.15) is 32.3 Å². The number of hydrogen-bond acceptors (Lipinski definition) is 4. The molecule has 1 N–H and O–H groups in total. The van der Waals surface area contributed by atoms with Crippen LogP contribution in [0.25, 0.3) is 0 Å². The lowest BCUT2D eigenvalue weighted by Gasteiger charge is -2.19. The molecule has 0 aliphatic heterocycles. The first-order valence-electron chi connectivity index (χ1n) is 7.48. The van der Waals surface area contributed by atoms with Gasteiger partial charge in [0.1, 0.15) is 6.10 Å². The highest BCUT2D eigenvalue weighted by molar-refractivity contribution is 9.10. The Hall–Kier alpha value is -0.780. The molecule has 0 heterocycles. The molecule has 1 aliphatic rings. The van der Waals surface area contributed by atoms with Gasteiger partial charge in [0, 0.05) is 19.7 Å². The van der Waals surface area contributed by atoms with Gasteiger partial charge >= 0.3 is 0 Å². The van der Waals surface area contributed by atoms with Crippen LogP contribution in [0, 0.1) is 0 Å². The maximum absolute atomic E-state index is 5.94. The van der Waals surface area contributed by atoms with Crippen molar-refractivity contribution in [2.75, 3.05) is 20.3 Å². The van der Waals surface area contributed by atoms with Gasteiger partial charge < -0.3 is 19.5 Å². The molecule has 4 nitrogen and oxygen atoms in total. The zero-order valence-corrected chi connectivity index (χ0v) is 14.5. The maximum atomic E-state index is 5.94. The molecule has 1 aliphatic carbocycles. The molecule has 1 aromatic carbocycles. The molecule has 1 aromatic rings. The summed E-state index contributed by atoms with van der Waals surface area (Å²) in [7, 11) is 1.67. The summed E-state index contributed by atoms with van der Waals surface area (Å²) in [6, 6.07) is 4.84. The molecule has 5 heteroatoms. The Morgan fingerprint density at radius 2 is 2.14 bits per heavy atom. The molecule has 2 rings (SSSR count). The molecule has 0 aromatic heterocycles. The predicted molar refractivity (Wildman–Crippen MR) is 87.1 cm³/mol. The van der Waals surface area contributed by atoms with Crippen LogP contribution in [0.15, 0.2) is 16.6 Å². The third kappa shape index (κ3) is 5.16. The van der Waals surface area contributed by atoms with Gasteiger partial charge in [-0.3, -0.25) is 0 Å². The van der Waals surface area contributed by atoms with Crippen molar-refractivity contribution in [3.63, 3.8) is 0 Å². The van der Waals surface area contributed by atoms with E-state index in [1.54, 1.807) is 7.11 Å². The van der Waals surface area contributed by atoms with Crippen molar-refractivity contribution in [2.45, 2.75) is 45.4 Å². The molecule has 1 saturated carbocycles. The van der Waals surface area contributed by atoms with Gasteiger partial charge in [-0.05, 0) is 60.3 Å². The lowest BCUT2D eigenvalue weighted by atomic mass is 10.2. The smallest absolute Gasteiger partial charge is 0.175 e. The van der Waals surface area contributed by atoms with Crippen LogP contribution in [0.4, 0.5) is 0 Å². The minimum absolute atomic E-state index is 0.0269. The van der Waals surface area contributed by atoms with Gasteiger partial charge in [-0.1, -0.05) is 0 Å². The monoisotopic (exact) mass is 357 g/mol. The molecule has 1 unspecified atom stereocenters. The lowest BCUT2D eigenvalue weighted by molar-refractivity contribution is 0.0888. The number of ether oxygens (including phenoxy) is 3. The van der Waals surface area contributed by atoms with Gasteiger partial charge in [-0.25, -0.2) is 0 Å². The first-order chi connectivity index (χ1) is 10.1. The second-order valence-electron chi connectivity index (χ2n) is 5.38. The number of halogens is 1. The summed E-state index contributed by atoms with van der Waals surface area (Å²) >= 11 is 3.60. The molecule has 118 valence electrons. The van der Waals surface area contributed by atoms with Gasteiger partial charge in [-0.2, -0.15) is 0 Å². The molecule has 1 fully saturated rings. The van der Waals surface area contributed by atoms with E-state index in [9.17, 15) is 0 Å². The number of benzene rings is 1. The quantitative estimate of drug-likeness (QED) is 0.733. The van der Waals surface area contributed by atoms with Crippen molar-refractivity contribution in [1.82, 2.24) is 5.32 Å². The second kappa shape index (κ2) is 8.01. The topological polar surface area (TPSA) is 39.7 Å². The maximum Gasteiger partial charge on any atom is 0.175 e. The Bertz CT molecular complexity index is 463. The van der Waals surface area contributed by atoms with Gasteiger partial charge in [0.05, 0.1) is 17.7 Å². The Kier molecular flexibility index (Phi) is 6.33. The molecule has 0 bridgehead atoms. The minimum atomic E-state index is -0.0269. The molecular formula is C16H24BrNO3. The standard InChI is InChI=1S/C16H24BrNO3/c1-4-20-15-8-12(9-18-13-5-6-13)7-14(17)16(15)21-11(2)10-19-3/h7-8,11,13,18H,4-6,9-10H2,1-3H3. The van der Waals surface area contributed by atoms with Crippen LogP contribution in [0.3, 0.4) is 0 Å². The van der Waals surface area contributed by atoms with E-state index in [2.05, 4.69) is 33.4 Å². The highest BCUT2D eigenvalue weighted by atomic mass is 79.9. The fraction of sp³-hybridized carbons (Fsp3) is 0.625. The fourth-order valence-electron chi connectivity index (χ4n) is 2.12. The van der Waals surface area contributed by atoms with Gasteiger partial charge in [0.15, 0.2) is 11.5 Å². The van der Waals surface area contributed by atoms with E-state index in [1.165, 1.54) is 18.4 Å². The van der Waals surface area contributed by atoms with E-state index in [0.717, 1.165) is 22.5 Å². The zero-order chi connectivity index (χ0) is 15.2. The molecular weight excluding hydrogens is 334 g/mol. The van der Waals surface area contributed by atoms with Gasteiger partial charge in [0.25, 0.3) is 0 Å². The van der Waals surface area contributed by atoms with E-state index in [0.29, 0.717) is 19.3 Å². The fourth-order valence-corrected chi connectivity index (χ4v) is 2.70. The summed E-state index contributed by atoms with van der Waals surface area (Å²) in [6.45, 7) is 5.97. The summed E-state index contributed by atoms with van der Waals surface area (Å²) in [4.78, 5) is 0. The van der Waals surface area contributed by atoms with E-state index >= 15 is 0 Å². The van der Waals surface area contributed by atoms with E-state index < -0.39 is 0 Å². The lowest BCUT2D eigenvalue weighted by Crippen LogP contribution is -2.19. The average Bonchev–Trinajstić information content (AvgIpc) is 3.25. The largest absolute Gasteiger partial charge is 0.490 e. The first-order valence-corrected chi connectivity index (χ1v) is 8.27. The van der Waals surface area contributed by atoms with Crippen molar-refractivity contribution >= 4 is 15.9 Å². The summed E-state index contributed by atoms with van der Waals surface area (Å²) in [6.07, 6.45) is 2.55. The molecule has 21 heavy (non-hydrogen) atoms. The molecule has 0 radical (unpaired) electrons. The Morgan fingerprint density at radius 3 is 2.76 bits per heavy atom. The van der Waals surface area contributed by atoms with Crippen LogP contribution in [0.2, 0.25) is 0 Å². The normalized spacial score (nSPS) is 15.8. The van der Waals surface area contributed by atoms with E-state index in [-0.39, 0.29) is 6.10 Å². The summed E-state index contributed by atoms with van der Waals surface area (Å²) < 4.78 is 17.7. The minimum Gasteiger partial charge on any atom is -0.490 e. The average molecular weight is 358 g/mol. The van der Waals surface area contributed by atoms with Crippen LogP contribution in [-0.4, -0.2) is 32.5 Å². The van der Waals surface area contributed by atoms with Crippen LogP contribution in [-0.2, 0) is 11.3 Å². The van der Waals surface area contributed by atoms with Crippen molar-refractivity contribution < 1.29 is 14.2 Å². The number of methoxy groups -OCH3 is 1. The van der Waals surface area contributed by atoms with E-state index in [4.69, 9.17) is 14.2 Å². The van der Waals surface area contributed by atoms with Gasteiger partial charge in [-0.15, -0.1) is 0 Å². The number of hydrogen-bond donors (Lipinski definition) is 1. The second-order valence-corrected chi connectivity index (χ2v) is 6.23. The molecule has 0 spiro atoms. The van der Waals surface area contributed by atoms with Crippen LogP contribution >= 0.6 is 15.9 Å². The van der Waals surface area contributed by atoms with Crippen LogP contribution < -0.4 is 14.8 Å². The molecule has 0 saturated heterocycles. The first kappa shape index (κ1) is 16.6. The van der Waals surface area contributed by atoms with Gasteiger partial charge in [0.2, 0.25) is 0 Å². The highest BCUT2D eigenvalue weighted by Crippen LogP contribution is 2.37. The third-order valence-corrected chi connectivity index (χ3v) is 3.85. The molecule has 0 amide bonds. The third-order valence-electron chi connectivity index (χ3n) is 3.26. The van der Waals surface area contributed by atoms with Crippen molar-refractivity contribution in [1.29, 1.82) is 0 Å². The predicted octanol–water partition coefficient (Wildman–Crippen LogP) is 3.51. The Balaban J connectivity index is 2.12. The summed E-state index contributed by atoms with van der Waals surface area (Å²) in [5.74, 6) is 1.53. The van der Waals surface area contributed by atoms with Crippen LogP contribution in [0.5, 0.6) is 11.5 Å².